The Bertz CT molecular complexity index is 316. The largest absolute Gasteiger partial charge is 0.469 e. The van der Waals surface area contributed by atoms with E-state index in [1.165, 1.54) is 7.11 Å². The van der Waals surface area contributed by atoms with E-state index >= 15 is 0 Å². The summed E-state index contributed by atoms with van der Waals surface area (Å²) in [7, 11) is -3.43. The lowest BCUT2D eigenvalue weighted by molar-refractivity contribution is -0.151. The lowest BCUT2D eigenvalue weighted by atomic mass is 9.89. The van der Waals surface area contributed by atoms with E-state index in [4.69, 9.17) is 0 Å². The van der Waals surface area contributed by atoms with Gasteiger partial charge in [0.05, 0.1) is 18.3 Å². The molecule has 0 aromatic heterocycles. The molecule has 0 aromatic rings. The fourth-order valence-electron chi connectivity index (χ4n) is 2.01. The van der Waals surface area contributed by atoms with Crippen LogP contribution in [-0.4, -0.2) is 27.2 Å². The molecule has 0 atom stereocenters. The van der Waals surface area contributed by atoms with Crippen LogP contribution in [0.25, 0.3) is 0 Å². The van der Waals surface area contributed by atoms with Crippen LogP contribution < -0.4 is 0 Å². The lowest BCUT2D eigenvalue weighted by Gasteiger charge is -2.23. The lowest BCUT2D eigenvalue weighted by Crippen LogP contribution is -2.35. The van der Waals surface area contributed by atoms with Crippen LogP contribution in [0, 0.1) is 5.41 Å². The molecule has 1 saturated carbocycles. The molecule has 0 radical (unpaired) electrons. The number of rotatable bonds is 3. The van der Waals surface area contributed by atoms with Crippen molar-refractivity contribution in [3.8, 4) is 0 Å². The maximum atomic E-state index is 12.5. The Morgan fingerprint density at radius 1 is 1.43 bits per heavy atom. The standard InChI is InChI=1S/C8H13FO4S/c1-13-7(10)8(4-2-3-5-8)6-14(9,11)12/h2-6H2,1H3. The van der Waals surface area contributed by atoms with Crippen LogP contribution in [0.2, 0.25) is 0 Å². The highest BCUT2D eigenvalue weighted by molar-refractivity contribution is 7.86. The van der Waals surface area contributed by atoms with Crippen molar-refractivity contribution in [3.05, 3.63) is 0 Å². The van der Waals surface area contributed by atoms with Crippen molar-refractivity contribution < 1.29 is 21.8 Å². The van der Waals surface area contributed by atoms with Crippen molar-refractivity contribution in [3.63, 3.8) is 0 Å². The zero-order valence-corrected chi connectivity index (χ0v) is 8.77. The molecule has 14 heavy (non-hydrogen) atoms. The molecule has 0 aliphatic heterocycles. The Hall–Kier alpha value is -0.650. The summed E-state index contributed by atoms with van der Waals surface area (Å²) in [6, 6.07) is 0. The molecule has 1 aliphatic rings. The molecular weight excluding hydrogens is 211 g/mol. The molecule has 4 nitrogen and oxygen atoms in total. The molecule has 1 rings (SSSR count). The monoisotopic (exact) mass is 224 g/mol. The van der Waals surface area contributed by atoms with E-state index in [0.717, 1.165) is 12.8 Å². The second-order valence-electron chi connectivity index (χ2n) is 3.66. The first-order valence-corrected chi connectivity index (χ1v) is 5.96. The van der Waals surface area contributed by atoms with Gasteiger partial charge in [0.15, 0.2) is 0 Å². The van der Waals surface area contributed by atoms with Crippen LogP contribution in [0.15, 0.2) is 0 Å². The van der Waals surface area contributed by atoms with Crippen LogP contribution in [-0.2, 0) is 19.8 Å². The van der Waals surface area contributed by atoms with Crippen molar-refractivity contribution in [2.24, 2.45) is 5.41 Å². The third kappa shape index (κ3) is 2.43. The van der Waals surface area contributed by atoms with Gasteiger partial charge >= 0.3 is 16.2 Å². The number of methoxy groups -OCH3 is 1. The van der Waals surface area contributed by atoms with Gasteiger partial charge in [0.2, 0.25) is 0 Å². The third-order valence-corrected chi connectivity index (χ3v) is 3.53. The molecule has 1 fully saturated rings. The van der Waals surface area contributed by atoms with Gasteiger partial charge in [-0.15, -0.1) is 3.89 Å². The summed E-state index contributed by atoms with van der Waals surface area (Å²) in [5.41, 5.74) is -1.14. The minimum atomic E-state index is -4.62. The van der Waals surface area contributed by atoms with Crippen molar-refractivity contribution in [1.82, 2.24) is 0 Å². The Balaban J connectivity index is 2.88. The first-order chi connectivity index (χ1) is 6.40. The van der Waals surface area contributed by atoms with Crippen molar-refractivity contribution >= 4 is 16.2 Å². The molecular formula is C8H13FO4S. The average molecular weight is 224 g/mol. The highest BCUT2D eigenvalue weighted by atomic mass is 32.3. The zero-order valence-electron chi connectivity index (χ0n) is 7.95. The number of hydrogen-bond donors (Lipinski definition) is 0. The molecule has 0 spiro atoms. The van der Waals surface area contributed by atoms with Crippen LogP contribution >= 0.6 is 0 Å². The summed E-state index contributed by atoms with van der Waals surface area (Å²) in [4.78, 5) is 11.4. The summed E-state index contributed by atoms with van der Waals surface area (Å²) in [5, 5.41) is 0. The molecule has 0 amide bonds. The first-order valence-electron chi connectivity index (χ1n) is 4.40. The Kier molecular flexibility index (Phi) is 3.14. The molecule has 1 aliphatic carbocycles. The number of halogens is 1. The minimum Gasteiger partial charge on any atom is -0.469 e. The summed E-state index contributed by atoms with van der Waals surface area (Å²) in [5.74, 6) is -1.36. The Morgan fingerprint density at radius 2 is 1.93 bits per heavy atom. The van der Waals surface area contributed by atoms with Crippen molar-refractivity contribution in [2.75, 3.05) is 12.9 Å². The molecule has 0 bridgehead atoms. The molecule has 0 saturated heterocycles. The van der Waals surface area contributed by atoms with E-state index in [1.807, 2.05) is 0 Å². The van der Waals surface area contributed by atoms with Gasteiger partial charge in [0, 0.05) is 0 Å². The van der Waals surface area contributed by atoms with Crippen LogP contribution in [0.1, 0.15) is 25.7 Å². The van der Waals surface area contributed by atoms with Gasteiger partial charge in [-0.05, 0) is 12.8 Å². The second-order valence-corrected chi connectivity index (χ2v) is 5.03. The van der Waals surface area contributed by atoms with Crippen LogP contribution in [0.3, 0.4) is 0 Å². The number of esters is 1. The normalized spacial score (nSPS) is 20.7. The highest BCUT2D eigenvalue weighted by Gasteiger charge is 2.45. The fraction of sp³-hybridized carbons (Fsp3) is 0.875. The maximum Gasteiger partial charge on any atom is 0.312 e. The highest BCUT2D eigenvalue weighted by Crippen LogP contribution is 2.40. The second kappa shape index (κ2) is 3.84. The summed E-state index contributed by atoms with van der Waals surface area (Å²) < 4.78 is 38.1. The van der Waals surface area contributed by atoms with Crippen molar-refractivity contribution in [1.29, 1.82) is 0 Å². The van der Waals surface area contributed by atoms with Gasteiger partial charge in [-0.1, -0.05) is 12.8 Å². The summed E-state index contributed by atoms with van der Waals surface area (Å²) in [6.07, 6.45) is 2.26. The van der Waals surface area contributed by atoms with E-state index < -0.39 is 27.4 Å². The van der Waals surface area contributed by atoms with Gasteiger partial charge in [-0.25, -0.2) is 0 Å². The van der Waals surface area contributed by atoms with E-state index in [-0.39, 0.29) is 0 Å². The summed E-state index contributed by atoms with van der Waals surface area (Å²) >= 11 is 0. The predicted octanol–water partition coefficient (Wildman–Crippen LogP) is 1.02. The quantitative estimate of drug-likeness (QED) is 0.530. The molecule has 0 unspecified atom stereocenters. The molecule has 6 heteroatoms. The van der Waals surface area contributed by atoms with Gasteiger partial charge in [-0.2, -0.15) is 8.42 Å². The van der Waals surface area contributed by atoms with Crippen LogP contribution in [0.5, 0.6) is 0 Å². The molecule has 0 aromatic carbocycles. The molecule has 0 N–H and O–H groups in total. The van der Waals surface area contributed by atoms with Gasteiger partial charge in [-0.3, -0.25) is 4.79 Å². The number of hydrogen-bond acceptors (Lipinski definition) is 4. The van der Waals surface area contributed by atoms with Gasteiger partial charge in [0.25, 0.3) is 0 Å². The minimum absolute atomic E-state index is 0.392. The summed E-state index contributed by atoms with van der Waals surface area (Å²) in [6.45, 7) is 0. The van der Waals surface area contributed by atoms with E-state index in [0.29, 0.717) is 12.8 Å². The van der Waals surface area contributed by atoms with E-state index in [2.05, 4.69) is 4.74 Å². The number of carbonyl (C=O) groups excluding carboxylic acids is 1. The fourth-order valence-corrected chi connectivity index (χ4v) is 3.07. The van der Waals surface area contributed by atoms with Crippen LogP contribution in [0.4, 0.5) is 3.89 Å². The van der Waals surface area contributed by atoms with Gasteiger partial charge in [0.1, 0.15) is 0 Å². The van der Waals surface area contributed by atoms with E-state index in [1.54, 1.807) is 0 Å². The number of ether oxygens (including phenoxy) is 1. The molecule has 0 heterocycles. The SMILES string of the molecule is COC(=O)C1(CS(=O)(=O)F)CCCC1. The topological polar surface area (TPSA) is 60.4 Å². The predicted molar refractivity (Wildman–Crippen MR) is 47.8 cm³/mol. The Labute approximate surface area is 82.6 Å². The zero-order chi connectivity index (χ0) is 10.8. The van der Waals surface area contributed by atoms with Crippen molar-refractivity contribution in [2.45, 2.75) is 25.7 Å². The van der Waals surface area contributed by atoms with E-state index in [9.17, 15) is 17.1 Å². The third-order valence-electron chi connectivity index (χ3n) is 2.63. The molecule has 82 valence electrons. The smallest absolute Gasteiger partial charge is 0.312 e. The first kappa shape index (κ1) is 11.4. The Morgan fingerprint density at radius 3 is 2.29 bits per heavy atom. The van der Waals surface area contributed by atoms with Gasteiger partial charge < -0.3 is 4.74 Å². The number of carbonyl (C=O) groups is 1. The maximum absolute atomic E-state index is 12.5. The average Bonchev–Trinajstić information content (AvgIpc) is 2.49.